The van der Waals surface area contributed by atoms with E-state index in [1.165, 1.54) is 6.33 Å². The van der Waals surface area contributed by atoms with E-state index >= 15 is 0 Å². The fourth-order valence-corrected chi connectivity index (χ4v) is 3.77. The third-order valence-corrected chi connectivity index (χ3v) is 5.44. The molecular weight excluding hydrogens is 354 g/mol. The van der Waals surface area contributed by atoms with Crippen molar-refractivity contribution < 1.29 is 9.90 Å². The number of hydrogen-bond acceptors (Lipinski definition) is 5. The van der Waals surface area contributed by atoms with Gasteiger partial charge in [-0.15, -0.1) is 0 Å². The number of benzene rings is 1. The number of nitrogens with one attached hydrogen (secondary N) is 1. The molecule has 1 aliphatic carbocycles. The van der Waals surface area contributed by atoms with Crippen LogP contribution in [0.3, 0.4) is 0 Å². The van der Waals surface area contributed by atoms with Crippen molar-refractivity contribution in [3.05, 3.63) is 59.7 Å². The first-order valence-corrected chi connectivity index (χ1v) is 9.74. The summed E-state index contributed by atoms with van der Waals surface area (Å²) in [5.74, 6) is 0.658. The van der Waals surface area contributed by atoms with Crippen molar-refractivity contribution in [2.24, 2.45) is 5.92 Å². The van der Waals surface area contributed by atoms with Crippen LogP contribution in [0, 0.1) is 5.92 Å². The molecular formula is C21H25N5O2. The Hall–Kier alpha value is -2.80. The normalized spacial score (nSPS) is 20.1. The predicted octanol–water partition coefficient (Wildman–Crippen LogP) is 2.36. The molecule has 1 amide bonds. The van der Waals surface area contributed by atoms with Gasteiger partial charge in [-0.05, 0) is 42.7 Å². The summed E-state index contributed by atoms with van der Waals surface area (Å²) >= 11 is 0. The van der Waals surface area contributed by atoms with Gasteiger partial charge in [0.25, 0.3) is 11.7 Å². The molecule has 4 rings (SSSR count). The van der Waals surface area contributed by atoms with Crippen LogP contribution in [0.4, 0.5) is 0 Å². The highest BCUT2D eigenvalue weighted by molar-refractivity contribution is 5.93. The number of amides is 1. The maximum absolute atomic E-state index is 13.0. The highest BCUT2D eigenvalue weighted by atomic mass is 16.3. The van der Waals surface area contributed by atoms with Crippen LogP contribution in [0.25, 0.3) is 5.78 Å². The second-order valence-electron chi connectivity index (χ2n) is 7.85. The summed E-state index contributed by atoms with van der Waals surface area (Å²) in [6, 6.07) is 11.8. The highest BCUT2D eigenvalue weighted by Crippen LogP contribution is 2.32. The van der Waals surface area contributed by atoms with Crippen molar-refractivity contribution in [2.75, 3.05) is 0 Å². The molecule has 2 aromatic heterocycles. The number of nitrogens with zero attached hydrogens (tertiary/aromatic N) is 4. The number of hydrogen-bond donors (Lipinski definition) is 2. The zero-order chi connectivity index (χ0) is 19.7. The first kappa shape index (κ1) is 18.6. The van der Waals surface area contributed by atoms with Gasteiger partial charge >= 0.3 is 0 Å². The Morgan fingerprint density at radius 2 is 2.04 bits per heavy atom. The SMILES string of the molecule is CC(C)c1cc(C(=O)N[C@H](Cc2ccccc2)C2CC(O)C2)nc2ncnn12. The molecule has 2 heterocycles. The van der Waals surface area contributed by atoms with Crippen molar-refractivity contribution in [1.29, 1.82) is 0 Å². The molecule has 0 unspecified atom stereocenters. The average molecular weight is 379 g/mol. The topological polar surface area (TPSA) is 92.4 Å². The standard InChI is InChI=1S/C21H25N5O2/c1-13(2)19-11-18(25-21-22-12-23-26(19)21)20(28)24-17(15-9-16(27)10-15)8-14-6-4-3-5-7-14/h3-7,11-13,15-17,27H,8-10H2,1-2H3,(H,24,28)/t15?,16?,17-/m1/s1. The Labute approximate surface area is 163 Å². The first-order valence-electron chi connectivity index (χ1n) is 9.74. The second-order valence-corrected chi connectivity index (χ2v) is 7.85. The maximum Gasteiger partial charge on any atom is 0.270 e. The fourth-order valence-electron chi connectivity index (χ4n) is 3.77. The molecule has 0 radical (unpaired) electrons. The molecule has 2 N–H and O–H groups in total. The molecule has 146 valence electrons. The summed E-state index contributed by atoms with van der Waals surface area (Å²) < 4.78 is 1.67. The lowest BCUT2D eigenvalue weighted by Gasteiger charge is -2.38. The van der Waals surface area contributed by atoms with E-state index < -0.39 is 0 Å². The van der Waals surface area contributed by atoms with Crippen LogP contribution in [-0.4, -0.2) is 42.7 Å². The largest absolute Gasteiger partial charge is 0.393 e. The van der Waals surface area contributed by atoms with E-state index in [-0.39, 0.29) is 29.9 Å². The van der Waals surface area contributed by atoms with Crippen molar-refractivity contribution >= 4 is 11.7 Å². The van der Waals surface area contributed by atoms with Gasteiger partial charge in [0.05, 0.1) is 11.8 Å². The number of fused-ring (bicyclic) bond motifs is 1. The number of carbonyl (C=O) groups is 1. The number of aliphatic hydroxyl groups is 1. The number of rotatable bonds is 6. The smallest absolute Gasteiger partial charge is 0.270 e. The Morgan fingerprint density at radius 1 is 1.29 bits per heavy atom. The van der Waals surface area contributed by atoms with E-state index in [4.69, 9.17) is 0 Å². The first-order chi connectivity index (χ1) is 13.5. The van der Waals surface area contributed by atoms with E-state index in [1.807, 2.05) is 32.0 Å². The Morgan fingerprint density at radius 3 is 2.71 bits per heavy atom. The molecule has 0 saturated heterocycles. The molecule has 1 fully saturated rings. The van der Waals surface area contributed by atoms with Gasteiger partial charge in [-0.3, -0.25) is 4.79 Å². The monoisotopic (exact) mass is 379 g/mol. The zero-order valence-corrected chi connectivity index (χ0v) is 16.1. The highest BCUT2D eigenvalue weighted by Gasteiger charge is 2.35. The van der Waals surface area contributed by atoms with Gasteiger partial charge < -0.3 is 10.4 Å². The Kier molecular flexibility index (Phi) is 5.09. The summed E-state index contributed by atoms with van der Waals surface area (Å²) in [7, 11) is 0. The van der Waals surface area contributed by atoms with E-state index in [9.17, 15) is 9.90 Å². The Bertz CT molecular complexity index is 963. The molecule has 7 heteroatoms. The Balaban J connectivity index is 1.58. The summed E-state index contributed by atoms with van der Waals surface area (Å²) in [5, 5.41) is 17.1. The van der Waals surface area contributed by atoms with E-state index in [0.717, 1.165) is 17.7 Å². The molecule has 0 bridgehead atoms. The molecule has 7 nitrogen and oxygen atoms in total. The van der Waals surface area contributed by atoms with Crippen molar-refractivity contribution in [3.8, 4) is 0 Å². The second kappa shape index (κ2) is 7.67. The average Bonchev–Trinajstić information content (AvgIpc) is 3.13. The summed E-state index contributed by atoms with van der Waals surface area (Å²) in [6.45, 7) is 4.10. The molecule has 0 aliphatic heterocycles. The lowest BCUT2D eigenvalue weighted by atomic mass is 9.75. The lowest BCUT2D eigenvalue weighted by molar-refractivity contribution is 0.0239. The third-order valence-electron chi connectivity index (χ3n) is 5.44. The quantitative estimate of drug-likeness (QED) is 0.686. The fraction of sp³-hybridized carbons (Fsp3) is 0.429. The van der Waals surface area contributed by atoms with E-state index in [1.54, 1.807) is 10.6 Å². The van der Waals surface area contributed by atoms with Gasteiger partial charge in [-0.1, -0.05) is 44.2 Å². The van der Waals surface area contributed by atoms with Crippen LogP contribution in [0.5, 0.6) is 0 Å². The van der Waals surface area contributed by atoms with Crippen LogP contribution >= 0.6 is 0 Å². The van der Waals surface area contributed by atoms with Gasteiger partial charge in [0.15, 0.2) is 0 Å². The van der Waals surface area contributed by atoms with Gasteiger partial charge in [0.2, 0.25) is 0 Å². The van der Waals surface area contributed by atoms with E-state index in [0.29, 0.717) is 24.3 Å². The van der Waals surface area contributed by atoms with Gasteiger partial charge in [0.1, 0.15) is 12.0 Å². The molecule has 1 atom stereocenters. The summed E-state index contributed by atoms with van der Waals surface area (Å²) in [5.41, 5.74) is 2.41. The van der Waals surface area contributed by atoms with Gasteiger partial charge in [0, 0.05) is 6.04 Å². The van der Waals surface area contributed by atoms with Crippen molar-refractivity contribution in [3.63, 3.8) is 0 Å². The molecule has 1 aromatic carbocycles. The molecule has 1 saturated carbocycles. The molecule has 28 heavy (non-hydrogen) atoms. The van der Waals surface area contributed by atoms with Crippen molar-refractivity contribution in [2.45, 2.75) is 51.2 Å². The number of carbonyl (C=O) groups excluding carboxylic acids is 1. The van der Waals surface area contributed by atoms with Crippen LogP contribution in [0.1, 0.15) is 54.4 Å². The zero-order valence-electron chi connectivity index (χ0n) is 16.1. The van der Waals surface area contributed by atoms with E-state index in [2.05, 4.69) is 32.5 Å². The van der Waals surface area contributed by atoms with Crippen molar-refractivity contribution in [1.82, 2.24) is 24.9 Å². The van der Waals surface area contributed by atoms with Crippen LogP contribution < -0.4 is 5.32 Å². The molecule has 1 aliphatic rings. The number of aromatic nitrogens is 4. The maximum atomic E-state index is 13.0. The minimum Gasteiger partial charge on any atom is -0.393 e. The van der Waals surface area contributed by atoms with Crippen LogP contribution in [0.15, 0.2) is 42.7 Å². The summed E-state index contributed by atoms with van der Waals surface area (Å²) in [6.07, 6.45) is 3.34. The number of aliphatic hydroxyl groups excluding tert-OH is 1. The van der Waals surface area contributed by atoms with Gasteiger partial charge in [-0.2, -0.15) is 10.1 Å². The van der Waals surface area contributed by atoms with Gasteiger partial charge in [-0.25, -0.2) is 9.50 Å². The minimum atomic E-state index is -0.266. The van der Waals surface area contributed by atoms with Crippen LogP contribution in [-0.2, 0) is 6.42 Å². The van der Waals surface area contributed by atoms with Crippen LogP contribution in [0.2, 0.25) is 0 Å². The molecule has 0 spiro atoms. The third kappa shape index (κ3) is 3.75. The minimum absolute atomic E-state index is 0.0447. The molecule has 3 aromatic rings. The predicted molar refractivity (Wildman–Crippen MR) is 105 cm³/mol. The summed E-state index contributed by atoms with van der Waals surface area (Å²) in [4.78, 5) is 21.6. The lowest BCUT2D eigenvalue weighted by Crippen LogP contribution is -2.48.